The van der Waals surface area contributed by atoms with Crippen molar-refractivity contribution in [2.24, 2.45) is 0 Å². The number of allylic oxidation sites excluding steroid dienone is 2. The van der Waals surface area contributed by atoms with Gasteiger partial charge in [0.1, 0.15) is 5.78 Å². The minimum absolute atomic E-state index is 0.250. The van der Waals surface area contributed by atoms with Crippen LogP contribution >= 0.6 is 0 Å². The van der Waals surface area contributed by atoms with Gasteiger partial charge in [-0.1, -0.05) is 12.5 Å². The fourth-order valence-electron chi connectivity index (χ4n) is 1.63. The molecule has 13 heavy (non-hydrogen) atoms. The van der Waals surface area contributed by atoms with Crippen molar-refractivity contribution in [3.05, 3.63) is 11.1 Å². The van der Waals surface area contributed by atoms with E-state index in [1.54, 1.807) is 0 Å². The summed E-state index contributed by atoms with van der Waals surface area (Å²) in [4.78, 5) is 22.4. The van der Waals surface area contributed by atoms with Gasteiger partial charge in [-0.25, -0.2) is 0 Å². The minimum atomic E-state index is 0.250. The lowest BCUT2D eigenvalue weighted by atomic mass is 10.0. The van der Waals surface area contributed by atoms with Crippen LogP contribution in [0.25, 0.3) is 0 Å². The average molecular weight is 180 g/mol. The molecule has 0 radical (unpaired) electrons. The summed E-state index contributed by atoms with van der Waals surface area (Å²) in [5.41, 5.74) is 2.11. The second-order valence-electron chi connectivity index (χ2n) is 3.57. The molecule has 0 saturated carbocycles. The molecule has 0 heterocycles. The van der Waals surface area contributed by atoms with Crippen LogP contribution in [0.2, 0.25) is 0 Å². The van der Waals surface area contributed by atoms with E-state index in [0.717, 1.165) is 12.0 Å². The zero-order valence-electron chi connectivity index (χ0n) is 8.35. The summed E-state index contributed by atoms with van der Waals surface area (Å²) in [7, 11) is 0. The van der Waals surface area contributed by atoms with Crippen LogP contribution in [0.3, 0.4) is 0 Å². The molecule has 0 atom stereocenters. The van der Waals surface area contributed by atoms with Crippen molar-refractivity contribution >= 4 is 11.6 Å². The van der Waals surface area contributed by atoms with Gasteiger partial charge in [0.05, 0.1) is 0 Å². The first-order chi connectivity index (χ1) is 6.15. The fourth-order valence-corrected chi connectivity index (χ4v) is 1.63. The van der Waals surface area contributed by atoms with Crippen molar-refractivity contribution in [3.63, 3.8) is 0 Å². The van der Waals surface area contributed by atoms with Crippen molar-refractivity contribution in [1.82, 2.24) is 0 Å². The highest BCUT2D eigenvalue weighted by atomic mass is 16.1. The van der Waals surface area contributed by atoms with E-state index in [1.165, 1.54) is 5.57 Å². The molecule has 0 N–H and O–H groups in total. The maximum absolute atomic E-state index is 11.3. The van der Waals surface area contributed by atoms with Crippen LogP contribution in [0.5, 0.6) is 0 Å². The second-order valence-corrected chi connectivity index (χ2v) is 3.57. The molecular weight excluding hydrogens is 164 g/mol. The van der Waals surface area contributed by atoms with Gasteiger partial charge >= 0.3 is 0 Å². The Bertz CT molecular complexity index is 261. The van der Waals surface area contributed by atoms with Gasteiger partial charge in [-0.05, 0) is 25.3 Å². The lowest BCUT2D eigenvalue weighted by Gasteiger charge is -2.00. The van der Waals surface area contributed by atoms with Crippen molar-refractivity contribution < 1.29 is 9.59 Å². The Morgan fingerprint density at radius 3 is 2.54 bits per heavy atom. The molecule has 2 heteroatoms. The molecule has 2 nitrogen and oxygen atoms in total. The van der Waals surface area contributed by atoms with Gasteiger partial charge in [0, 0.05) is 19.3 Å². The number of hydrogen-bond acceptors (Lipinski definition) is 2. The Morgan fingerprint density at radius 2 is 2.08 bits per heavy atom. The minimum Gasteiger partial charge on any atom is -0.300 e. The maximum atomic E-state index is 11.3. The van der Waals surface area contributed by atoms with Crippen LogP contribution in [-0.4, -0.2) is 11.6 Å². The SMILES string of the molecule is CCC(=O)CCC1=C(C)CCC1=O. The van der Waals surface area contributed by atoms with E-state index in [2.05, 4.69) is 0 Å². The molecule has 72 valence electrons. The summed E-state index contributed by atoms with van der Waals surface area (Å²) in [5, 5.41) is 0. The average Bonchev–Trinajstić information content (AvgIpc) is 2.43. The van der Waals surface area contributed by atoms with E-state index in [9.17, 15) is 9.59 Å². The Morgan fingerprint density at radius 1 is 1.38 bits per heavy atom. The lowest BCUT2D eigenvalue weighted by molar-refractivity contribution is -0.118. The van der Waals surface area contributed by atoms with Crippen LogP contribution in [-0.2, 0) is 9.59 Å². The predicted octanol–water partition coefficient (Wildman–Crippen LogP) is 2.43. The summed E-state index contributed by atoms with van der Waals surface area (Å²) >= 11 is 0. The van der Waals surface area contributed by atoms with Gasteiger partial charge in [0.25, 0.3) is 0 Å². The molecule has 1 rings (SSSR count). The molecule has 0 spiro atoms. The molecule has 0 saturated heterocycles. The second kappa shape index (κ2) is 4.35. The lowest BCUT2D eigenvalue weighted by Crippen LogP contribution is -2.01. The van der Waals surface area contributed by atoms with Gasteiger partial charge in [0.2, 0.25) is 0 Å². The molecule has 0 aromatic heterocycles. The van der Waals surface area contributed by atoms with Gasteiger partial charge in [-0.2, -0.15) is 0 Å². The van der Waals surface area contributed by atoms with Crippen LogP contribution in [0.4, 0.5) is 0 Å². The largest absolute Gasteiger partial charge is 0.300 e. The molecule has 0 fully saturated rings. The zero-order chi connectivity index (χ0) is 9.84. The number of carbonyl (C=O) groups is 2. The topological polar surface area (TPSA) is 34.1 Å². The van der Waals surface area contributed by atoms with Gasteiger partial charge in [0.15, 0.2) is 5.78 Å². The molecule has 0 aromatic carbocycles. The monoisotopic (exact) mass is 180 g/mol. The number of rotatable bonds is 4. The predicted molar refractivity (Wildman–Crippen MR) is 51.5 cm³/mol. The molecule has 0 unspecified atom stereocenters. The quantitative estimate of drug-likeness (QED) is 0.665. The Kier molecular flexibility index (Phi) is 3.40. The summed E-state index contributed by atoms with van der Waals surface area (Å²) in [6.07, 6.45) is 3.34. The van der Waals surface area contributed by atoms with Gasteiger partial charge < -0.3 is 0 Å². The van der Waals surface area contributed by atoms with Crippen molar-refractivity contribution in [1.29, 1.82) is 0 Å². The van der Waals surface area contributed by atoms with Crippen molar-refractivity contribution in [3.8, 4) is 0 Å². The standard InChI is InChI=1S/C11H16O2/c1-3-9(12)5-6-10-8(2)4-7-11(10)13/h3-7H2,1-2H3. The number of ketones is 2. The van der Waals surface area contributed by atoms with E-state index in [1.807, 2.05) is 13.8 Å². The first kappa shape index (κ1) is 10.2. The Hall–Kier alpha value is -0.920. The molecule has 0 bridgehead atoms. The van der Waals surface area contributed by atoms with Gasteiger partial charge in [-0.3, -0.25) is 9.59 Å². The smallest absolute Gasteiger partial charge is 0.159 e. The van der Waals surface area contributed by atoms with Crippen LogP contribution in [0.1, 0.15) is 46.0 Å². The highest BCUT2D eigenvalue weighted by molar-refractivity contribution is 5.99. The Labute approximate surface area is 79.0 Å². The van der Waals surface area contributed by atoms with Crippen LogP contribution < -0.4 is 0 Å². The molecule has 0 aliphatic heterocycles. The van der Waals surface area contributed by atoms with Crippen molar-refractivity contribution in [2.75, 3.05) is 0 Å². The van der Waals surface area contributed by atoms with Crippen molar-refractivity contribution in [2.45, 2.75) is 46.0 Å². The summed E-state index contributed by atoms with van der Waals surface area (Å²) in [6, 6.07) is 0. The molecular formula is C11H16O2. The number of hydrogen-bond donors (Lipinski definition) is 0. The van der Waals surface area contributed by atoms with E-state index in [4.69, 9.17) is 0 Å². The number of carbonyl (C=O) groups excluding carboxylic acids is 2. The van der Waals surface area contributed by atoms with E-state index >= 15 is 0 Å². The van der Waals surface area contributed by atoms with E-state index in [-0.39, 0.29) is 11.6 Å². The number of Topliss-reactive ketones (excluding diaryl/α,β-unsaturated/α-hetero) is 2. The third-order valence-electron chi connectivity index (χ3n) is 2.63. The summed E-state index contributed by atoms with van der Waals surface area (Å²) in [6.45, 7) is 3.86. The highest BCUT2D eigenvalue weighted by Gasteiger charge is 2.19. The Balaban J connectivity index is 2.49. The van der Waals surface area contributed by atoms with Gasteiger partial charge in [-0.15, -0.1) is 0 Å². The third kappa shape index (κ3) is 2.51. The summed E-state index contributed by atoms with van der Waals surface area (Å²) < 4.78 is 0. The maximum Gasteiger partial charge on any atom is 0.159 e. The first-order valence-electron chi connectivity index (χ1n) is 4.88. The molecule has 1 aliphatic rings. The molecule has 0 amide bonds. The van der Waals surface area contributed by atoms with Crippen LogP contribution in [0, 0.1) is 0 Å². The molecule has 1 aliphatic carbocycles. The van der Waals surface area contributed by atoms with E-state index in [0.29, 0.717) is 25.7 Å². The molecule has 0 aromatic rings. The third-order valence-corrected chi connectivity index (χ3v) is 2.63. The van der Waals surface area contributed by atoms with E-state index < -0.39 is 0 Å². The normalized spacial score (nSPS) is 16.9. The van der Waals surface area contributed by atoms with Crippen LogP contribution in [0.15, 0.2) is 11.1 Å². The fraction of sp³-hybridized carbons (Fsp3) is 0.636. The highest BCUT2D eigenvalue weighted by Crippen LogP contribution is 2.25. The first-order valence-corrected chi connectivity index (χ1v) is 4.88. The zero-order valence-corrected chi connectivity index (χ0v) is 8.35. The summed E-state index contributed by atoms with van der Waals surface area (Å²) in [5.74, 6) is 0.501.